The number of fused-ring (bicyclic) bond motifs is 1. The Balaban J connectivity index is 0.905. The molecule has 2 aromatic carbocycles. The number of anilines is 1. The number of rotatable bonds is 9. The number of aliphatic hydroxyl groups excluding tert-OH is 1. The molecule has 4 aromatic rings. The van der Waals surface area contributed by atoms with Crippen LogP contribution >= 0.6 is 0 Å². The number of aliphatic hydroxyl groups is 2. The lowest BCUT2D eigenvalue weighted by molar-refractivity contribution is -0.139. The number of nitrogens with zero attached hydrogens (tertiary/aromatic N) is 4. The minimum absolute atomic E-state index is 0.0412. The number of benzene rings is 2. The molecule has 52 heavy (non-hydrogen) atoms. The summed E-state index contributed by atoms with van der Waals surface area (Å²) in [7, 11) is 3.14. The second-order valence-electron chi connectivity index (χ2n) is 14.5. The second-order valence-corrected chi connectivity index (χ2v) is 14.5. The van der Waals surface area contributed by atoms with Crippen molar-refractivity contribution in [3.8, 4) is 16.9 Å². The minimum atomic E-state index is -1.12. The quantitative estimate of drug-likeness (QED) is 0.175. The molecule has 3 fully saturated rings. The summed E-state index contributed by atoms with van der Waals surface area (Å²) >= 11 is 0. The highest BCUT2D eigenvalue weighted by Crippen LogP contribution is 2.36. The highest BCUT2D eigenvalue weighted by Gasteiger charge is 2.37. The van der Waals surface area contributed by atoms with Gasteiger partial charge in [-0.25, -0.2) is 4.39 Å². The molecule has 7 rings (SSSR count). The molecule has 5 heterocycles. The molecular weight excluding hydrogens is 669 g/mol. The molecule has 2 atom stereocenters. The molecule has 276 valence electrons. The largest absolute Gasteiger partial charge is 0.496 e. The number of likely N-dealkylation sites (tertiary alicyclic amines) is 2. The van der Waals surface area contributed by atoms with Crippen LogP contribution in [0.15, 0.2) is 53.6 Å². The summed E-state index contributed by atoms with van der Waals surface area (Å²) < 4.78 is 22.8. The number of aromatic amines is 1. The number of halogens is 1. The molecule has 13 nitrogen and oxygen atoms in total. The van der Waals surface area contributed by atoms with Gasteiger partial charge < -0.3 is 35.1 Å². The number of carbonyl (C=O) groups is 2. The molecule has 14 heteroatoms. The Morgan fingerprint density at radius 1 is 1.10 bits per heavy atom. The van der Waals surface area contributed by atoms with E-state index in [-0.39, 0.29) is 29.8 Å². The summed E-state index contributed by atoms with van der Waals surface area (Å²) in [5, 5.41) is 34.8. The first-order valence-electron chi connectivity index (χ1n) is 18.0. The van der Waals surface area contributed by atoms with E-state index >= 15 is 4.39 Å². The molecule has 0 spiro atoms. The van der Waals surface area contributed by atoms with Crippen LogP contribution in [0.5, 0.6) is 5.75 Å². The van der Waals surface area contributed by atoms with Gasteiger partial charge in [-0.15, -0.1) is 0 Å². The van der Waals surface area contributed by atoms with Gasteiger partial charge in [0.1, 0.15) is 23.3 Å². The van der Waals surface area contributed by atoms with Gasteiger partial charge in [-0.2, -0.15) is 5.10 Å². The van der Waals surface area contributed by atoms with Crippen LogP contribution in [-0.2, 0) is 23.2 Å². The van der Waals surface area contributed by atoms with Gasteiger partial charge in [0.2, 0.25) is 11.8 Å². The normalized spacial score (nSPS) is 21.2. The highest BCUT2D eigenvalue weighted by atomic mass is 19.1. The van der Waals surface area contributed by atoms with Gasteiger partial charge in [0.15, 0.2) is 0 Å². The summed E-state index contributed by atoms with van der Waals surface area (Å²) in [6.45, 7) is 2.55. The number of aryl methyl sites for hydroxylation is 1. The first-order valence-corrected chi connectivity index (χ1v) is 18.0. The fraction of sp³-hybridized carbons (Fsp3) is 0.474. The topological polar surface area (TPSA) is 165 Å². The van der Waals surface area contributed by atoms with Gasteiger partial charge in [-0.05, 0) is 73.4 Å². The molecule has 0 bridgehead atoms. The van der Waals surface area contributed by atoms with Gasteiger partial charge in [0.25, 0.3) is 5.56 Å². The average Bonchev–Trinajstić information content (AvgIpc) is 3.64. The number of pyridine rings is 1. The fourth-order valence-corrected chi connectivity index (χ4v) is 7.87. The Hall–Kier alpha value is -4.79. The summed E-state index contributed by atoms with van der Waals surface area (Å²) in [4.78, 5) is 41.3. The molecule has 2 amide bonds. The smallest absolute Gasteiger partial charge is 0.276 e. The highest BCUT2D eigenvalue weighted by molar-refractivity contribution is 5.93. The van der Waals surface area contributed by atoms with Crippen LogP contribution in [-0.4, -0.2) is 97.8 Å². The maximum atomic E-state index is 15.7. The zero-order chi connectivity index (χ0) is 36.6. The summed E-state index contributed by atoms with van der Waals surface area (Å²) in [6, 6.07) is 11.1. The van der Waals surface area contributed by atoms with Crippen molar-refractivity contribution >= 4 is 28.4 Å². The molecule has 2 unspecified atom stereocenters. The van der Waals surface area contributed by atoms with Crippen LogP contribution in [0.3, 0.4) is 0 Å². The number of carbonyl (C=O) groups excluding carboxylic acids is 2. The van der Waals surface area contributed by atoms with Gasteiger partial charge >= 0.3 is 0 Å². The van der Waals surface area contributed by atoms with Crippen LogP contribution in [0, 0.1) is 5.82 Å². The maximum Gasteiger partial charge on any atom is 0.276 e. The van der Waals surface area contributed by atoms with Crippen LogP contribution in [0.1, 0.15) is 62.0 Å². The number of hydrogen-bond acceptors (Lipinski definition) is 9. The number of amides is 2. The van der Waals surface area contributed by atoms with Gasteiger partial charge in [-0.3, -0.25) is 24.4 Å². The van der Waals surface area contributed by atoms with Gasteiger partial charge in [0, 0.05) is 74.6 Å². The van der Waals surface area contributed by atoms with Crippen LogP contribution < -0.4 is 20.9 Å². The number of ether oxygens (including phenoxy) is 1. The fourth-order valence-electron chi connectivity index (χ4n) is 7.87. The Morgan fingerprint density at radius 2 is 1.83 bits per heavy atom. The number of nitrogens with one attached hydrogen (secondary N) is 3. The van der Waals surface area contributed by atoms with Crippen molar-refractivity contribution in [3.05, 3.63) is 76.1 Å². The SMILES string of the molecule is COc1cc(-c2cn(C)c(=O)c3[nH]ncc23)cc(F)c1CN1CCC(O)(CC(=O)N2CCC(c3ccc(NC4CCC(=O)NC4O)cc3)CC2)CC1. The maximum absolute atomic E-state index is 15.7. The Morgan fingerprint density at radius 3 is 2.52 bits per heavy atom. The molecule has 2 aromatic heterocycles. The van der Waals surface area contributed by atoms with Crippen molar-refractivity contribution in [2.24, 2.45) is 7.05 Å². The third kappa shape index (κ3) is 7.41. The van der Waals surface area contributed by atoms with Gasteiger partial charge in [0.05, 0.1) is 31.4 Å². The van der Waals surface area contributed by atoms with Gasteiger partial charge in [-0.1, -0.05) is 12.1 Å². The van der Waals surface area contributed by atoms with E-state index in [1.807, 2.05) is 17.0 Å². The monoisotopic (exact) mass is 715 g/mol. The number of piperidine rings is 3. The Labute approximate surface area is 300 Å². The van der Waals surface area contributed by atoms with E-state index in [1.165, 1.54) is 23.3 Å². The molecule has 3 saturated heterocycles. The van der Waals surface area contributed by atoms with E-state index in [0.717, 1.165) is 18.5 Å². The predicted molar refractivity (Wildman–Crippen MR) is 193 cm³/mol. The van der Waals surface area contributed by atoms with Crippen molar-refractivity contribution < 1.29 is 28.9 Å². The van der Waals surface area contributed by atoms with E-state index in [2.05, 4.69) is 37.9 Å². The Kier molecular flexibility index (Phi) is 10.1. The van der Waals surface area contributed by atoms with E-state index in [0.29, 0.717) is 97.7 Å². The minimum Gasteiger partial charge on any atom is -0.496 e. The third-order valence-electron chi connectivity index (χ3n) is 11.1. The Bertz CT molecular complexity index is 2000. The van der Waals surface area contributed by atoms with E-state index in [1.54, 1.807) is 25.5 Å². The lowest BCUT2D eigenvalue weighted by Gasteiger charge is -2.40. The predicted octanol–water partition coefficient (Wildman–Crippen LogP) is 3.21. The molecule has 0 radical (unpaired) electrons. The molecule has 5 N–H and O–H groups in total. The van der Waals surface area contributed by atoms with Crippen LogP contribution in [0.2, 0.25) is 0 Å². The van der Waals surface area contributed by atoms with E-state index in [4.69, 9.17) is 4.74 Å². The number of H-pyrrole nitrogens is 1. The molecular formula is C38H46FN7O6. The molecule has 3 aliphatic rings. The van der Waals surface area contributed by atoms with Crippen LogP contribution in [0.4, 0.5) is 10.1 Å². The molecule has 0 saturated carbocycles. The summed E-state index contributed by atoms with van der Waals surface area (Å²) in [6.07, 6.45) is 5.78. The van der Waals surface area contributed by atoms with Crippen molar-refractivity contribution in [2.75, 3.05) is 38.6 Å². The van der Waals surface area contributed by atoms with Crippen molar-refractivity contribution in [2.45, 2.75) is 75.3 Å². The zero-order valence-electron chi connectivity index (χ0n) is 29.5. The van der Waals surface area contributed by atoms with Crippen molar-refractivity contribution in [3.63, 3.8) is 0 Å². The average molecular weight is 716 g/mol. The number of aromatic nitrogens is 3. The summed E-state index contributed by atoms with van der Waals surface area (Å²) in [5.41, 5.74) is 2.72. The summed E-state index contributed by atoms with van der Waals surface area (Å²) in [5.74, 6) is 0.103. The molecule has 3 aliphatic heterocycles. The lowest BCUT2D eigenvalue weighted by Crippen LogP contribution is -2.51. The van der Waals surface area contributed by atoms with E-state index in [9.17, 15) is 24.6 Å². The first-order chi connectivity index (χ1) is 25.0. The second kappa shape index (κ2) is 14.7. The van der Waals surface area contributed by atoms with Crippen molar-refractivity contribution in [1.29, 1.82) is 0 Å². The first kappa shape index (κ1) is 35.6. The lowest BCUT2D eigenvalue weighted by atomic mass is 9.86. The third-order valence-corrected chi connectivity index (χ3v) is 11.1. The van der Waals surface area contributed by atoms with E-state index < -0.39 is 17.6 Å². The number of methoxy groups -OCH3 is 1. The van der Waals surface area contributed by atoms with Crippen molar-refractivity contribution in [1.82, 2.24) is 29.9 Å². The standard InChI is InChI=1S/C38H46FN7O6/c1-44-21-28(27-20-40-43-35(27)37(44)50)25-17-30(39)29(32(18-25)52-2)22-45-15-11-38(51,12-16-45)19-34(48)46-13-9-24(10-14-46)23-3-5-26(6-4-23)41-31-7-8-33(47)42-36(31)49/h3-6,17-18,20-21,24,31,36,41,49,51H,7-16,19,22H2,1-2H3,(H,40,43)(H,42,47). The van der Waals surface area contributed by atoms with Crippen LogP contribution in [0.25, 0.3) is 22.0 Å². The zero-order valence-corrected chi connectivity index (χ0v) is 29.5. The molecule has 0 aliphatic carbocycles. The number of hydrogen-bond donors (Lipinski definition) is 5.